The molecule has 25 heavy (non-hydrogen) atoms. The van der Waals surface area contributed by atoms with E-state index < -0.39 is 11.9 Å². The van der Waals surface area contributed by atoms with Crippen molar-refractivity contribution in [3.05, 3.63) is 58.0 Å². The third kappa shape index (κ3) is 3.57. The normalized spacial score (nSPS) is 19.8. The molecule has 0 unspecified atom stereocenters. The fourth-order valence-electron chi connectivity index (χ4n) is 3.10. The van der Waals surface area contributed by atoms with Crippen LogP contribution in [0.4, 0.5) is 0 Å². The molecule has 0 spiro atoms. The Labute approximate surface area is 143 Å². The molecule has 1 aliphatic heterocycles. The lowest BCUT2D eigenvalue weighted by atomic mass is 9.90. The molecule has 0 aliphatic carbocycles. The Morgan fingerprint density at radius 2 is 2.16 bits per heavy atom. The number of hydrogen-bond donors (Lipinski definition) is 2. The van der Waals surface area contributed by atoms with Crippen molar-refractivity contribution in [2.45, 2.75) is 19.3 Å². The van der Waals surface area contributed by atoms with E-state index in [0.717, 1.165) is 5.56 Å². The number of aromatic nitrogens is 3. The lowest BCUT2D eigenvalue weighted by Gasteiger charge is -2.16. The Morgan fingerprint density at radius 3 is 2.80 bits per heavy atom. The first-order chi connectivity index (χ1) is 12.0. The van der Waals surface area contributed by atoms with Gasteiger partial charge in [-0.3, -0.25) is 19.4 Å². The second kappa shape index (κ2) is 6.84. The standard InChI is InChI=1S/C17H18N4O4/c1-10-19-7-12(16(23)20-10)5-15(22)21-8-13(14(9-21)17(24)25)11-3-2-4-18-6-11/h2-4,6-7,13-14H,5,8-9H2,1H3,(H,24,25)(H,19,20,23)/t13-,14+/m0/s1. The molecule has 1 aliphatic rings. The predicted octanol–water partition coefficient (Wildman–Crippen LogP) is 0.343. The van der Waals surface area contributed by atoms with Gasteiger partial charge in [0.25, 0.3) is 5.56 Å². The minimum Gasteiger partial charge on any atom is -0.481 e. The Hall–Kier alpha value is -3.03. The third-order valence-electron chi connectivity index (χ3n) is 4.44. The molecular formula is C17H18N4O4. The maximum absolute atomic E-state index is 12.5. The smallest absolute Gasteiger partial charge is 0.308 e. The van der Waals surface area contributed by atoms with Gasteiger partial charge in [0.2, 0.25) is 5.91 Å². The molecule has 3 heterocycles. The average molecular weight is 342 g/mol. The molecule has 1 amide bonds. The zero-order chi connectivity index (χ0) is 18.0. The number of nitrogens with zero attached hydrogens (tertiary/aromatic N) is 3. The molecular weight excluding hydrogens is 324 g/mol. The van der Waals surface area contributed by atoms with Crippen LogP contribution in [0.15, 0.2) is 35.5 Å². The topological polar surface area (TPSA) is 116 Å². The van der Waals surface area contributed by atoms with Crippen LogP contribution in [0, 0.1) is 12.8 Å². The molecule has 130 valence electrons. The van der Waals surface area contributed by atoms with Crippen LogP contribution >= 0.6 is 0 Å². The molecule has 1 saturated heterocycles. The largest absolute Gasteiger partial charge is 0.481 e. The number of hydrogen-bond acceptors (Lipinski definition) is 5. The molecule has 2 atom stereocenters. The van der Waals surface area contributed by atoms with Gasteiger partial charge in [0.1, 0.15) is 5.82 Å². The van der Waals surface area contributed by atoms with E-state index >= 15 is 0 Å². The molecule has 2 N–H and O–H groups in total. The van der Waals surface area contributed by atoms with E-state index in [9.17, 15) is 19.5 Å². The van der Waals surface area contributed by atoms with Crippen LogP contribution in [0.1, 0.15) is 22.9 Å². The third-order valence-corrected chi connectivity index (χ3v) is 4.44. The molecule has 1 fully saturated rings. The zero-order valence-electron chi connectivity index (χ0n) is 13.7. The highest BCUT2D eigenvalue weighted by molar-refractivity contribution is 5.81. The molecule has 8 heteroatoms. The maximum Gasteiger partial charge on any atom is 0.308 e. The van der Waals surface area contributed by atoms with Crippen molar-refractivity contribution >= 4 is 11.9 Å². The SMILES string of the molecule is Cc1ncc(CC(=O)N2C[C@@H](C(=O)O)[C@H](c3cccnc3)C2)c(=O)[nH]1. The summed E-state index contributed by atoms with van der Waals surface area (Å²) in [5, 5.41) is 9.49. The average Bonchev–Trinajstić information content (AvgIpc) is 3.04. The number of rotatable bonds is 4. The summed E-state index contributed by atoms with van der Waals surface area (Å²) < 4.78 is 0. The van der Waals surface area contributed by atoms with Crippen molar-refractivity contribution in [3.63, 3.8) is 0 Å². The number of pyridine rings is 1. The first-order valence-corrected chi connectivity index (χ1v) is 7.91. The van der Waals surface area contributed by atoms with Gasteiger partial charge in [0, 0.05) is 43.2 Å². The van der Waals surface area contributed by atoms with Crippen molar-refractivity contribution in [2.75, 3.05) is 13.1 Å². The predicted molar refractivity (Wildman–Crippen MR) is 88.0 cm³/mol. The van der Waals surface area contributed by atoms with Crippen molar-refractivity contribution in [2.24, 2.45) is 5.92 Å². The van der Waals surface area contributed by atoms with Gasteiger partial charge in [-0.2, -0.15) is 0 Å². The van der Waals surface area contributed by atoms with E-state index in [1.54, 1.807) is 25.4 Å². The minimum atomic E-state index is -0.945. The van der Waals surface area contributed by atoms with Crippen LogP contribution < -0.4 is 5.56 Å². The van der Waals surface area contributed by atoms with Gasteiger partial charge in [-0.05, 0) is 18.6 Å². The van der Waals surface area contributed by atoms with E-state index in [1.165, 1.54) is 11.1 Å². The van der Waals surface area contributed by atoms with Gasteiger partial charge in [0.15, 0.2) is 0 Å². The second-order valence-electron chi connectivity index (χ2n) is 6.14. The number of aromatic amines is 1. The fraction of sp³-hybridized carbons (Fsp3) is 0.353. The lowest BCUT2D eigenvalue weighted by Crippen LogP contribution is -2.33. The highest BCUT2D eigenvalue weighted by Gasteiger charge is 2.40. The van der Waals surface area contributed by atoms with Crippen LogP contribution in [-0.4, -0.2) is 49.9 Å². The van der Waals surface area contributed by atoms with E-state index in [1.807, 2.05) is 6.07 Å². The van der Waals surface area contributed by atoms with E-state index in [2.05, 4.69) is 15.0 Å². The molecule has 3 rings (SSSR count). The first-order valence-electron chi connectivity index (χ1n) is 7.91. The zero-order valence-corrected chi connectivity index (χ0v) is 13.7. The summed E-state index contributed by atoms with van der Waals surface area (Å²) in [7, 11) is 0. The van der Waals surface area contributed by atoms with E-state index in [4.69, 9.17) is 0 Å². The number of carbonyl (C=O) groups excluding carboxylic acids is 1. The molecule has 2 aromatic heterocycles. The number of nitrogens with one attached hydrogen (secondary N) is 1. The summed E-state index contributed by atoms with van der Waals surface area (Å²) in [5.74, 6) is -1.76. The van der Waals surface area contributed by atoms with Gasteiger partial charge in [-0.15, -0.1) is 0 Å². The maximum atomic E-state index is 12.5. The summed E-state index contributed by atoms with van der Waals surface area (Å²) in [6.07, 6.45) is 4.53. The van der Waals surface area contributed by atoms with Crippen LogP contribution in [0.3, 0.4) is 0 Å². The summed E-state index contributed by atoms with van der Waals surface area (Å²) in [6, 6.07) is 3.56. The van der Waals surface area contributed by atoms with E-state index in [-0.39, 0.29) is 35.9 Å². The Bertz CT molecular complexity index is 849. The first kappa shape index (κ1) is 16.8. The summed E-state index contributed by atoms with van der Waals surface area (Å²) in [4.78, 5) is 48.1. The van der Waals surface area contributed by atoms with Crippen LogP contribution in [0.2, 0.25) is 0 Å². The van der Waals surface area contributed by atoms with Crippen molar-refractivity contribution in [1.82, 2.24) is 19.9 Å². The van der Waals surface area contributed by atoms with Crippen LogP contribution in [0.5, 0.6) is 0 Å². The lowest BCUT2D eigenvalue weighted by molar-refractivity contribution is -0.141. The van der Waals surface area contributed by atoms with Crippen molar-refractivity contribution in [1.29, 1.82) is 0 Å². The molecule has 0 radical (unpaired) electrons. The van der Waals surface area contributed by atoms with Gasteiger partial charge in [-0.1, -0.05) is 6.07 Å². The monoisotopic (exact) mass is 342 g/mol. The number of likely N-dealkylation sites (tertiary alicyclic amines) is 1. The van der Waals surface area contributed by atoms with Gasteiger partial charge >= 0.3 is 5.97 Å². The highest BCUT2D eigenvalue weighted by Crippen LogP contribution is 2.32. The number of H-pyrrole nitrogens is 1. The summed E-state index contributed by atoms with van der Waals surface area (Å²) in [6.45, 7) is 2.06. The second-order valence-corrected chi connectivity index (χ2v) is 6.14. The van der Waals surface area contributed by atoms with Gasteiger partial charge in [0.05, 0.1) is 12.3 Å². The van der Waals surface area contributed by atoms with Gasteiger partial charge < -0.3 is 15.0 Å². The van der Waals surface area contributed by atoms with E-state index in [0.29, 0.717) is 12.4 Å². The fourth-order valence-corrected chi connectivity index (χ4v) is 3.10. The summed E-state index contributed by atoms with van der Waals surface area (Å²) >= 11 is 0. The Kier molecular flexibility index (Phi) is 4.60. The van der Waals surface area contributed by atoms with Crippen LogP contribution in [-0.2, 0) is 16.0 Å². The van der Waals surface area contributed by atoms with Crippen molar-refractivity contribution < 1.29 is 14.7 Å². The Balaban J connectivity index is 1.78. The molecule has 2 aromatic rings. The summed E-state index contributed by atoms with van der Waals surface area (Å²) in [5.41, 5.74) is 0.714. The number of carboxylic acid groups (broad SMARTS) is 1. The Morgan fingerprint density at radius 1 is 1.36 bits per heavy atom. The quantitative estimate of drug-likeness (QED) is 0.828. The number of carboxylic acids is 1. The molecule has 0 bridgehead atoms. The molecule has 8 nitrogen and oxygen atoms in total. The number of aryl methyl sites for hydroxylation is 1. The van der Waals surface area contributed by atoms with Gasteiger partial charge in [-0.25, -0.2) is 4.98 Å². The molecule has 0 aromatic carbocycles. The number of aliphatic carboxylic acids is 1. The number of amides is 1. The minimum absolute atomic E-state index is 0.102. The number of carbonyl (C=O) groups is 2. The highest BCUT2D eigenvalue weighted by atomic mass is 16.4. The van der Waals surface area contributed by atoms with Crippen LogP contribution in [0.25, 0.3) is 0 Å². The molecule has 0 saturated carbocycles. The van der Waals surface area contributed by atoms with Crippen molar-refractivity contribution in [3.8, 4) is 0 Å².